The summed E-state index contributed by atoms with van der Waals surface area (Å²) < 4.78 is 45.0. The molecule has 1 atom stereocenters. The number of unbranched alkanes of at least 4 members (excludes halogenated alkanes) is 1. The molecule has 42 heavy (non-hydrogen) atoms. The second-order valence-electron chi connectivity index (χ2n) is 9.56. The van der Waals surface area contributed by atoms with Gasteiger partial charge in [0.2, 0.25) is 11.8 Å². The molecule has 3 aromatic rings. The molecule has 3 aromatic carbocycles. The Balaban J connectivity index is 2.02. The molecular weight excluding hydrogens is 558 g/mol. The van der Waals surface area contributed by atoms with Crippen LogP contribution in [-0.2, 0) is 26.2 Å². The van der Waals surface area contributed by atoms with Gasteiger partial charge < -0.3 is 24.4 Å². The highest BCUT2D eigenvalue weighted by Crippen LogP contribution is 2.32. The number of nitrogens with zero attached hydrogens (tertiary/aromatic N) is 2. The van der Waals surface area contributed by atoms with Crippen molar-refractivity contribution in [2.45, 2.75) is 44.2 Å². The molecule has 10 nitrogen and oxygen atoms in total. The van der Waals surface area contributed by atoms with Crippen LogP contribution >= 0.6 is 0 Å². The minimum Gasteiger partial charge on any atom is -0.497 e. The zero-order chi connectivity index (χ0) is 30.7. The van der Waals surface area contributed by atoms with Crippen molar-refractivity contribution in [1.29, 1.82) is 0 Å². The number of sulfonamides is 1. The van der Waals surface area contributed by atoms with Crippen molar-refractivity contribution in [2.75, 3.05) is 38.7 Å². The lowest BCUT2D eigenvalue weighted by atomic mass is 10.1. The van der Waals surface area contributed by atoms with E-state index < -0.39 is 28.5 Å². The van der Waals surface area contributed by atoms with Crippen molar-refractivity contribution in [2.24, 2.45) is 0 Å². The van der Waals surface area contributed by atoms with Crippen LogP contribution in [0.4, 0.5) is 5.69 Å². The van der Waals surface area contributed by atoms with E-state index >= 15 is 0 Å². The predicted octanol–water partition coefficient (Wildman–Crippen LogP) is 4.24. The van der Waals surface area contributed by atoms with Crippen molar-refractivity contribution in [3.8, 4) is 17.2 Å². The molecule has 0 aliphatic carbocycles. The lowest BCUT2D eigenvalue weighted by molar-refractivity contribution is -0.139. The Hall–Kier alpha value is -4.25. The summed E-state index contributed by atoms with van der Waals surface area (Å²) in [6.07, 6.45) is 1.70. The molecular formula is C31H39N3O7S. The molecule has 2 amide bonds. The fourth-order valence-corrected chi connectivity index (χ4v) is 5.74. The van der Waals surface area contributed by atoms with E-state index in [1.807, 2.05) is 13.0 Å². The van der Waals surface area contributed by atoms with Gasteiger partial charge in [-0.3, -0.25) is 13.9 Å². The van der Waals surface area contributed by atoms with Crippen molar-refractivity contribution >= 4 is 27.5 Å². The van der Waals surface area contributed by atoms with Gasteiger partial charge in [-0.05, 0) is 55.3 Å². The quantitative estimate of drug-likeness (QED) is 0.261. The number of amides is 2. The molecule has 0 radical (unpaired) electrons. The largest absolute Gasteiger partial charge is 0.497 e. The Kier molecular flexibility index (Phi) is 11.6. The minimum absolute atomic E-state index is 0.0669. The normalized spacial score (nSPS) is 11.7. The Morgan fingerprint density at radius 1 is 0.881 bits per heavy atom. The van der Waals surface area contributed by atoms with Gasteiger partial charge in [0.1, 0.15) is 18.3 Å². The van der Waals surface area contributed by atoms with Crippen molar-refractivity contribution < 1.29 is 32.2 Å². The van der Waals surface area contributed by atoms with E-state index in [0.29, 0.717) is 23.7 Å². The first kappa shape index (κ1) is 32.3. The molecule has 0 heterocycles. The van der Waals surface area contributed by atoms with E-state index in [9.17, 15) is 18.0 Å². The number of methoxy groups -OCH3 is 3. The second kappa shape index (κ2) is 15.1. The molecule has 226 valence electrons. The number of carbonyl (C=O) groups excluding carboxylic acids is 2. The molecule has 0 spiro atoms. The van der Waals surface area contributed by atoms with E-state index in [1.54, 1.807) is 62.6 Å². The van der Waals surface area contributed by atoms with Gasteiger partial charge >= 0.3 is 0 Å². The van der Waals surface area contributed by atoms with Crippen molar-refractivity contribution in [1.82, 2.24) is 10.2 Å². The molecule has 0 aromatic heterocycles. The monoisotopic (exact) mass is 597 g/mol. The van der Waals surface area contributed by atoms with Crippen LogP contribution in [0.25, 0.3) is 0 Å². The third kappa shape index (κ3) is 7.94. The SMILES string of the molecule is CCCCNC(=O)C(C)N(Cc1cccc(OC)c1)C(=O)CN(c1ccccc1)S(=O)(=O)c1ccc(OC)c(OC)c1. The third-order valence-corrected chi connectivity index (χ3v) is 8.52. The van der Waals surface area contributed by atoms with Crippen LogP contribution in [0.5, 0.6) is 17.2 Å². The molecule has 11 heteroatoms. The highest BCUT2D eigenvalue weighted by Gasteiger charge is 2.33. The fraction of sp³-hybridized carbons (Fsp3) is 0.355. The van der Waals surface area contributed by atoms with E-state index in [2.05, 4.69) is 5.32 Å². The van der Waals surface area contributed by atoms with E-state index in [1.165, 1.54) is 37.3 Å². The highest BCUT2D eigenvalue weighted by atomic mass is 32.2. The maximum Gasteiger partial charge on any atom is 0.264 e. The standard InChI is InChI=1S/C31H39N3O7S/c1-6-7-18-32-31(36)23(2)33(21-24-12-11-15-26(19-24)39-3)30(35)22-34(25-13-9-8-10-14-25)42(37,38)27-16-17-28(40-4)29(20-27)41-5/h8-17,19-20,23H,6-7,18,21-22H2,1-5H3,(H,32,36). The third-order valence-electron chi connectivity index (χ3n) is 6.75. The average molecular weight is 598 g/mol. The van der Waals surface area contributed by atoms with Gasteiger partial charge in [0.25, 0.3) is 10.0 Å². The summed E-state index contributed by atoms with van der Waals surface area (Å²) in [4.78, 5) is 28.4. The smallest absolute Gasteiger partial charge is 0.264 e. The Bertz CT molecular complexity index is 1450. The number of nitrogens with one attached hydrogen (secondary N) is 1. The van der Waals surface area contributed by atoms with Crippen LogP contribution in [0.3, 0.4) is 0 Å². The zero-order valence-corrected chi connectivity index (χ0v) is 25.5. The summed E-state index contributed by atoms with van der Waals surface area (Å²) in [5.74, 6) is 0.320. The summed E-state index contributed by atoms with van der Waals surface area (Å²) in [5, 5.41) is 2.88. The number of rotatable bonds is 15. The van der Waals surface area contributed by atoms with Crippen LogP contribution in [-0.4, -0.2) is 65.6 Å². The molecule has 3 rings (SSSR count). The van der Waals surface area contributed by atoms with Crippen LogP contribution < -0.4 is 23.8 Å². The number of benzene rings is 3. The molecule has 0 aliphatic heterocycles. The number of anilines is 1. The first-order valence-corrected chi connectivity index (χ1v) is 15.1. The summed E-state index contributed by atoms with van der Waals surface area (Å²) in [6.45, 7) is 3.65. The first-order valence-electron chi connectivity index (χ1n) is 13.7. The number of carbonyl (C=O) groups is 2. The molecule has 0 saturated heterocycles. The van der Waals surface area contributed by atoms with E-state index in [4.69, 9.17) is 14.2 Å². The van der Waals surface area contributed by atoms with Gasteiger partial charge in [0.05, 0.1) is 31.9 Å². The van der Waals surface area contributed by atoms with Gasteiger partial charge in [-0.2, -0.15) is 0 Å². The molecule has 0 aliphatic rings. The van der Waals surface area contributed by atoms with E-state index in [0.717, 1.165) is 22.7 Å². The van der Waals surface area contributed by atoms with Gasteiger partial charge in [-0.15, -0.1) is 0 Å². The first-order chi connectivity index (χ1) is 20.2. The van der Waals surface area contributed by atoms with Crippen LogP contribution in [0, 0.1) is 0 Å². The molecule has 0 saturated carbocycles. The van der Waals surface area contributed by atoms with Crippen LogP contribution in [0.1, 0.15) is 32.3 Å². The van der Waals surface area contributed by atoms with Gasteiger partial charge in [-0.1, -0.05) is 43.7 Å². The Labute approximate surface area is 248 Å². The maximum absolute atomic E-state index is 14.0. The van der Waals surface area contributed by atoms with Gasteiger partial charge in [-0.25, -0.2) is 8.42 Å². The topological polar surface area (TPSA) is 114 Å². The Morgan fingerprint density at radius 2 is 1.60 bits per heavy atom. The average Bonchev–Trinajstić information content (AvgIpc) is 3.02. The summed E-state index contributed by atoms with van der Waals surface area (Å²) >= 11 is 0. The molecule has 1 N–H and O–H groups in total. The fourth-order valence-electron chi connectivity index (χ4n) is 4.31. The number of hydrogen-bond donors (Lipinski definition) is 1. The summed E-state index contributed by atoms with van der Waals surface area (Å²) in [7, 11) is 0.155. The molecule has 0 bridgehead atoms. The van der Waals surface area contributed by atoms with Crippen molar-refractivity contribution in [3.63, 3.8) is 0 Å². The highest BCUT2D eigenvalue weighted by molar-refractivity contribution is 7.92. The summed E-state index contributed by atoms with van der Waals surface area (Å²) in [5.41, 5.74) is 1.02. The zero-order valence-electron chi connectivity index (χ0n) is 24.7. The lowest BCUT2D eigenvalue weighted by Crippen LogP contribution is -2.51. The minimum atomic E-state index is -4.26. The molecule has 0 fully saturated rings. The van der Waals surface area contributed by atoms with E-state index in [-0.39, 0.29) is 23.1 Å². The number of hydrogen-bond acceptors (Lipinski definition) is 7. The Morgan fingerprint density at radius 3 is 2.24 bits per heavy atom. The maximum atomic E-state index is 14.0. The number of para-hydroxylation sites is 1. The second-order valence-corrected chi connectivity index (χ2v) is 11.4. The summed E-state index contributed by atoms with van der Waals surface area (Å²) in [6, 6.07) is 18.9. The van der Waals surface area contributed by atoms with Crippen LogP contribution in [0.2, 0.25) is 0 Å². The number of ether oxygens (including phenoxy) is 3. The lowest BCUT2D eigenvalue weighted by Gasteiger charge is -2.32. The van der Waals surface area contributed by atoms with Crippen molar-refractivity contribution in [3.05, 3.63) is 78.4 Å². The predicted molar refractivity (Wildman–Crippen MR) is 161 cm³/mol. The molecule has 1 unspecified atom stereocenters. The van der Waals surface area contributed by atoms with Crippen LogP contribution in [0.15, 0.2) is 77.7 Å². The van der Waals surface area contributed by atoms with Gasteiger partial charge in [0.15, 0.2) is 11.5 Å². The van der Waals surface area contributed by atoms with Gasteiger partial charge in [0, 0.05) is 19.2 Å².